The first kappa shape index (κ1) is 31.4. The van der Waals surface area contributed by atoms with E-state index in [1.54, 1.807) is 26.8 Å². The Morgan fingerprint density at radius 1 is 0.958 bits per heavy atom. The highest BCUT2D eigenvalue weighted by atomic mass is 16.7. The molecule has 6 heterocycles. The number of carbonyl (C=O) groups is 4. The molecule has 9 fully saturated rings. The number of rotatable bonds is 4. The number of hydrogen-bond donors (Lipinski definition) is 1. The summed E-state index contributed by atoms with van der Waals surface area (Å²) >= 11 is 0. The first-order chi connectivity index (χ1) is 22.5. The molecule has 48 heavy (non-hydrogen) atoms. The highest BCUT2D eigenvalue weighted by molar-refractivity contribution is 5.88. The minimum atomic E-state index is -1.70. The minimum absolute atomic E-state index is 0.0182. The highest BCUT2D eigenvalue weighted by Crippen LogP contribution is 2.77. The monoisotopic (exact) mass is 672 g/mol. The topological polar surface area (TPSA) is 169 Å². The molecule has 13 nitrogen and oxygen atoms in total. The second-order valence-electron chi connectivity index (χ2n) is 16.6. The summed E-state index contributed by atoms with van der Waals surface area (Å²) in [7, 11) is 0. The Kier molecular flexibility index (Phi) is 6.02. The molecule has 0 amide bonds. The van der Waals surface area contributed by atoms with Gasteiger partial charge in [-0.15, -0.1) is 0 Å². The van der Waals surface area contributed by atoms with Gasteiger partial charge in [0.2, 0.25) is 0 Å². The van der Waals surface area contributed by atoms with Gasteiger partial charge in [-0.05, 0) is 53.4 Å². The molecule has 262 valence electrons. The Labute approximate surface area is 278 Å². The zero-order chi connectivity index (χ0) is 34.1. The minimum Gasteiger partial charge on any atom is -0.459 e. The van der Waals surface area contributed by atoms with Crippen LogP contribution in [0, 0.1) is 23.7 Å². The maximum atomic E-state index is 13.6. The Hall–Kier alpha value is -2.58. The molecule has 0 bridgehead atoms. The predicted octanol–water partition coefficient (Wildman–Crippen LogP) is 1.83. The van der Waals surface area contributed by atoms with E-state index in [0.29, 0.717) is 12.0 Å². The van der Waals surface area contributed by atoms with E-state index in [0.717, 1.165) is 0 Å². The standard InChI is InChI=1S/C35H44O13/c1-8-14(2)28(38)42-18-10-19-30(5,6)44-20-11-23(37)46-33(19,20)13-32(40)12-22(41-16(4)36)34-17(9-21-35(34,45-21)26(18)32)15(3)24(47-34)25-27-31(7,48-27)29(39)43-25/h8,15,17-22,24-27,40H,9-13H2,1-7H3/b14-8-/t15-,17-,18+,19-,20+,21-,22-,24-,25+,26+,27-,31-,32-,33+,34+,35+/m0/s1. The SMILES string of the molecule is C/C=C(/C)C(=O)O[C@@H]1C[C@H]2C(C)(C)O[C@@H]3CC(=O)O[C@@]32C[C@@]2(O)C[C@H](OC(C)=O)[C@]34O[C@H]([C@H]5OC(=O)[C@@]6(C)O[C@@H]56)[C@@H](C)[C@@H]3C[C@@H]3O[C@@]34[C@H]12. The summed E-state index contributed by atoms with van der Waals surface area (Å²) in [6, 6.07) is 0. The number of epoxide rings is 2. The van der Waals surface area contributed by atoms with Crippen molar-refractivity contribution in [3.8, 4) is 0 Å². The second-order valence-corrected chi connectivity index (χ2v) is 16.6. The van der Waals surface area contributed by atoms with Crippen LogP contribution in [0.1, 0.15) is 80.6 Å². The third-order valence-electron chi connectivity index (χ3n) is 13.9. The molecule has 3 spiro atoms. The average molecular weight is 673 g/mol. The molecule has 0 aromatic rings. The normalized spacial score (nSPS) is 56.2. The van der Waals surface area contributed by atoms with Crippen LogP contribution < -0.4 is 0 Å². The molecular weight excluding hydrogens is 628 g/mol. The summed E-state index contributed by atoms with van der Waals surface area (Å²) in [6.45, 7) is 12.4. The maximum Gasteiger partial charge on any atom is 0.341 e. The summed E-state index contributed by atoms with van der Waals surface area (Å²) in [4.78, 5) is 52.1. The Bertz CT molecular complexity index is 1570. The van der Waals surface area contributed by atoms with Gasteiger partial charge in [-0.2, -0.15) is 0 Å². The molecule has 16 atom stereocenters. The van der Waals surface area contributed by atoms with Crippen molar-refractivity contribution < 1.29 is 62.2 Å². The molecule has 9 rings (SSSR count). The van der Waals surface area contributed by atoms with Crippen LogP contribution in [0.25, 0.3) is 0 Å². The Balaban J connectivity index is 1.20. The third kappa shape index (κ3) is 3.55. The smallest absolute Gasteiger partial charge is 0.341 e. The third-order valence-corrected chi connectivity index (χ3v) is 13.9. The molecule has 6 saturated heterocycles. The van der Waals surface area contributed by atoms with Crippen LogP contribution in [0.2, 0.25) is 0 Å². The van der Waals surface area contributed by atoms with Crippen LogP contribution in [-0.4, -0.2) is 105 Å². The van der Waals surface area contributed by atoms with Crippen LogP contribution in [0.15, 0.2) is 11.6 Å². The van der Waals surface area contributed by atoms with E-state index in [1.807, 2.05) is 20.8 Å². The van der Waals surface area contributed by atoms with Gasteiger partial charge in [0.1, 0.15) is 47.3 Å². The zero-order valence-electron chi connectivity index (χ0n) is 28.3. The van der Waals surface area contributed by atoms with E-state index in [2.05, 4.69) is 0 Å². The fourth-order valence-corrected chi connectivity index (χ4v) is 11.9. The van der Waals surface area contributed by atoms with Crippen LogP contribution in [0.4, 0.5) is 0 Å². The van der Waals surface area contributed by atoms with Gasteiger partial charge < -0.3 is 43.0 Å². The number of ether oxygens (including phenoxy) is 8. The number of carbonyl (C=O) groups excluding carboxylic acids is 4. The summed E-state index contributed by atoms with van der Waals surface area (Å²) in [5, 5.41) is 13.2. The lowest BCUT2D eigenvalue weighted by Gasteiger charge is -2.56. The van der Waals surface area contributed by atoms with Gasteiger partial charge in [-0.3, -0.25) is 9.59 Å². The van der Waals surface area contributed by atoms with E-state index in [-0.39, 0.29) is 43.6 Å². The lowest BCUT2D eigenvalue weighted by molar-refractivity contribution is -0.276. The van der Waals surface area contributed by atoms with Crippen molar-refractivity contribution in [3.63, 3.8) is 0 Å². The number of fused-ring (bicyclic) bond motifs is 2. The summed E-state index contributed by atoms with van der Waals surface area (Å²) < 4.78 is 50.8. The first-order valence-corrected chi connectivity index (χ1v) is 17.3. The van der Waals surface area contributed by atoms with E-state index in [4.69, 9.17) is 37.9 Å². The van der Waals surface area contributed by atoms with E-state index in [1.165, 1.54) is 6.92 Å². The van der Waals surface area contributed by atoms with E-state index < -0.39 is 106 Å². The van der Waals surface area contributed by atoms with Gasteiger partial charge in [0.25, 0.3) is 0 Å². The van der Waals surface area contributed by atoms with Crippen LogP contribution in [0.3, 0.4) is 0 Å². The fraction of sp³-hybridized carbons (Fsp3) is 0.829. The largest absolute Gasteiger partial charge is 0.459 e. The van der Waals surface area contributed by atoms with Crippen molar-refractivity contribution in [1.29, 1.82) is 0 Å². The summed E-state index contributed by atoms with van der Waals surface area (Å²) in [5.41, 5.74) is -6.76. The first-order valence-electron chi connectivity index (χ1n) is 17.3. The lowest BCUT2D eigenvalue weighted by Crippen LogP contribution is -2.73. The number of aliphatic hydroxyl groups is 1. The molecule has 0 radical (unpaired) electrons. The molecule has 0 unspecified atom stereocenters. The quantitative estimate of drug-likeness (QED) is 0.199. The van der Waals surface area contributed by atoms with Crippen molar-refractivity contribution >= 4 is 23.9 Å². The van der Waals surface area contributed by atoms with Gasteiger partial charge in [-0.1, -0.05) is 13.0 Å². The molecule has 6 aliphatic heterocycles. The van der Waals surface area contributed by atoms with E-state index in [9.17, 15) is 24.3 Å². The maximum absolute atomic E-state index is 13.6. The molecular formula is C35H44O13. The predicted molar refractivity (Wildman–Crippen MR) is 159 cm³/mol. The van der Waals surface area contributed by atoms with Crippen molar-refractivity contribution in [2.24, 2.45) is 23.7 Å². The van der Waals surface area contributed by atoms with Crippen molar-refractivity contribution in [3.05, 3.63) is 11.6 Å². The molecule has 9 aliphatic rings. The van der Waals surface area contributed by atoms with Crippen LogP contribution >= 0.6 is 0 Å². The van der Waals surface area contributed by atoms with Gasteiger partial charge in [0, 0.05) is 37.2 Å². The van der Waals surface area contributed by atoms with Crippen molar-refractivity contribution in [1.82, 2.24) is 0 Å². The number of esters is 4. The van der Waals surface area contributed by atoms with Crippen molar-refractivity contribution in [2.75, 3.05) is 0 Å². The molecule has 1 N–H and O–H groups in total. The fourth-order valence-electron chi connectivity index (χ4n) is 11.9. The van der Waals surface area contributed by atoms with Gasteiger partial charge >= 0.3 is 23.9 Å². The number of allylic oxidation sites excluding steroid dienone is 1. The molecule has 0 aromatic heterocycles. The summed E-state index contributed by atoms with van der Waals surface area (Å²) in [6.07, 6.45) is -2.22. The van der Waals surface area contributed by atoms with Crippen molar-refractivity contribution in [2.45, 2.75) is 157 Å². The summed E-state index contributed by atoms with van der Waals surface area (Å²) in [5.74, 6) is -3.56. The Morgan fingerprint density at radius 2 is 1.71 bits per heavy atom. The van der Waals surface area contributed by atoms with E-state index >= 15 is 0 Å². The zero-order valence-corrected chi connectivity index (χ0v) is 28.3. The Morgan fingerprint density at radius 3 is 2.35 bits per heavy atom. The van der Waals surface area contributed by atoms with Gasteiger partial charge in [0.15, 0.2) is 11.7 Å². The number of cyclic esters (lactones) is 1. The lowest BCUT2D eigenvalue weighted by atomic mass is 9.55. The molecule has 0 aromatic carbocycles. The van der Waals surface area contributed by atoms with Crippen LogP contribution in [-0.2, 0) is 57.1 Å². The molecule has 3 aliphatic carbocycles. The average Bonchev–Trinajstić information content (AvgIpc) is 3.71. The highest BCUT2D eigenvalue weighted by Gasteiger charge is 2.92. The number of hydrogen-bond acceptors (Lipinski definition) is 13. The van der Waals surface area contributed by atoms with Gasteiger partial charge in [-0.25, -0.2) is 9.59 Å². The molecule has 3 saturated carbocycles. The molecule has 13 heteroatoms. The van der Waals surface area contributed by atoms with Crippen LogP contribution in [0.5, 0.6) is 0 Å². The second kappa shape index (κ2) is 9.20. The van der Waals surface area contributed by atoms with Gasteiger partial charge in [0.05, 0.1) is 29.6 Å².